The molecule has 1 aromatic rings. The van der Waals surface area contributed by atoms with E-state index in [0.29, 0.717) is 0 Å². The Morgan fingerprint density at radius 3 is 1.72 bits per heavy atom. The second-order valence-electron chi connectivity index (χ2n) is 8.91. The number of aliphatic hydroxyl groups excluding tert-OH is 1. The monoisotopic (exact) mass is 446 g/mol. The molecule has 1 aliphatic heterocycles. The molecule has 2 N–H and O–H groups in total. The first-order valence-electron chi connectivity index (χ1n) is 12.6. The van der Waals surface area contributed by atoms with Crippen molar-refractivity contribution in [3.8, 4) is 0 Å². The quantitative estimate of drug-likeness (QED) is 0.279. The van der Waals surface area contributed by atoms with Gasteiger partial charge in [-0.05, 0) is 24.1 Å². The van der Waals surface area contributed by atoms with Gasteiger partial charge in [-0.15, -0.1) is 0 Å². The Kier molecular flexibility index (Phi) is 16.2. The molecular formula is C27H46N2O3. The topological polar surface area (TPSA) is 64.0 Å². The summed E-state index contributed by atoms with van der Waals surface area (Å²) in [5, 5.41) is 17.1. The highest BCUT2D eigenvalue weighted by molar-refractivity contribution is 5.87. The fourth-order valence-electron chi connectivity index (χ4n) is 3.82. The predicted octanol–water partition coefficient (Wildman–Crippen LogP) is 6.63. The molecule has 0 aromatic heterocycles. The van der Waals surface area contributed by atoms with E-state index >= 15 is 0 Å². The lowest BCUT2D eigenvalue weighted by Crippen LogP contribution is -2.23. The van der Waals surface area contributed by atoms with Gasteiger partial charge in [0.25, 0.3) is 0 Å². The van der Waals surface area contributed by atoms with E-state index in [9.17, 15) is 4.79 Å². The van der Waals surface area contributed by atoms with Gasteiger partial charge >= 0.3 is 5.97 Å². The van der Waals surface area contributed by atoms with Crippen molar-refractivity contribution in [2.75, 3.05) is 20.3 Å². The van der Waals surface area contributed by atoms with Gasteiger partial charge in [0.15, 0.2) is 0 Å². The molecule has 1 aliphatic rings. The van der Waals surface area contributed by atoms with E-state index in [4.69, 9.17) is 10.2 Å². The van der Waals surface area contributed by atoms with Gasteiger partial charge in [0.05, 0.1) is 18.8 Å². The zero-order valence-electron chi connectivity index (χ0n) is 20.5. The minimum atomic E-state index is -0.950. The maximum Gasteiger partial charge on any atom is 0.335 e. The van der Waals surface area contributed by atoms with Crippen molar-refractivity contribution in [2.45, 2.75) is 97.0 Å². The summed E-state index contributed by atoms with van der Waals surface area (Å²) in [4.78, 5) is 15.0. The largest absolute Gasteiger partial charge is 0.478 e. The molecule has 0 radical (unpaired) electrons. The molecule has 0 spiro atoms. The molecule has 0 saturated carbocycles. The van der Waals surface area contributed by atoms with Crippen LogP contribution in [0.1, 0.15) is 106 Å². The number of carbonyl (C=O) groups is 1. The number of carboxylic acid groups (broad SMARTS) is 1. The van der Waals surface area contributed by atoms with E-state index in [1.165, 1.54) is 102 Å². The number of aliphatic hydroxyl groups is 1. The summed E-state index contributed by atoms with van der Waals surface area (Å²) in [6.45, 7) is 4.55. The third-order valence-electron chi connectivity index (χ3n) is 5.87. The fraction of sp³-hybridized carbons (Fsp3) is 0.667. The number of carboxylic acids is 1. The molecule has 0 saturated heterocycles. The number of hydrogen-bond acceptors (Lipinski definition) is 4. The Hall–Kier alpha value is -2.01. The van der Waals surface area contributed by atoms with Gasteiger partial charge in [-0.3, -0.25) is 0 Å². The zero-order chi connectivity index (χ0) is 23.4. The average Bonchev–Trinajstić information content (AvgIpc) is 3.22. The highest BCUT2D eigenvalue weighted by Crippen LogP contribution is 2.13. The molecule has 5 heteroatoms. The lowest BCUT2D eigenvalue weighted by Gasteiger charge is -2.17. The van der Waals surface area contributed by atoms with Crippen LogP contribution in [-0.2, 0) is 6.61 Å². The van der Waals surface area contributed by atoms with Crippen molar-refractivity contribution in [2.24, 2.45) is 0 Å². The van der Waals surface area contributed by atoms with Crippen LogP contribution in [0.4, 0.5) is 0 Å². The second kappa shape index (κ2) is 18.6. The summed E-state index contributed by atoms with van der Waals surface area (Å²) in [7, 11) is 2.14. The predicted molar refractivity (Wildman–Crippen MR) is 133 cm³/mol. The van der Waals surface area contributed by atoms with Crippen LogP contribution in [0.3, 0.4) is 0 Å². The van der Waals surface area contributed by atoms with E-state index in [2.05, 4.69) is 36.2 Å². The molecule has 0 aliphatic carbocycles. The molecule has 0 amide bonds. The molecule has 0 bridgehead atoms. The third kappa shape index (κ3) is 14.1. The van der Waals surface area contributed by atoms with E-state index in [1.807, 2.05) is 0 Å². The maximum atomic E-state index is 10.3. The molecule has 0 atom stereocenters. The number of aromatic carboxylic acids is 1. The Labute approximate surface area is 196 Å². The number of rotatable bonds is 16. The van der Waals surface area contributed by atoms with Crippen molar-refractivity contribution in [1.29, 1.82) is 0 Å². The normalized spacial score (nSPS) is 12.7. The van der Waals surface area contributed by atoms with Crippen molar-refractivity contribution in [3.63, 3.8) is 0 Å². The number of hydrogen-bond donors (Lipinski definition) is 2. The van der Waals surface area contributed by atoms with Crippen LogP contribution in [0.5, 0.6) is 0 Å². The van der Waals surface area contributed by atoms with E-state index < -0.39 is 5.97 Å². The van der Waals surface area contributed by atoms with Gasteiger partial charge < -0.3 is 20.0 Å². The summed E-state index contributed by atoms with van der Waals surface area (Å²) in [5.41, 5.74) is 0.956. The Morgan fingerprint density at radius 1 is 0.812 bits per heavy atom. The van der Waals surface area contributed by atoms with E-state index in [1.54, 1.807) is 12.1 Å². The maximum absolute atomic E-state index is 10.3. The number of benzene rings is 1. The lowest BCUT2D eigenvalue weighted by atomic mass is 10.0. The van der Waals surface area contributed by atoms with Crippen LogP contribution in [0.2, 0.25) is 0 Å². The van der Waals surface area contributed by atoms with Crippen molar-refractivity contribution < 1.29 is 15.0 Å². The van der Waals surface area contributed by atoms with Crippen LogP contribution in [-0.4, -0.2) is 46.2 Å². The Morgan fingerprint density at radius 2 is 1.31 bits per heavy atom. The van der Waals surface area contributed by atoms with Gasteiger partial charge in [0.1, 0.15) is 0 Å². The molecule has 0 unspecified atom stereocenters. The molecule has 0 fully saturated rings. The smallest absolute Gasteiger partial charge is 0.335 e. The zero-order valence-corrected chi connectivity index (χ0v) is 20.5. The highest BCUT2D eigenvalue weighted by atomic mass is 16.4. The van der Waals surface area contributed by atoms with Crippen LogP contribution in [0, 0.1) is 0 Å². The minimum absolute atomic E-state index is 0.0557. The summed E-state index contributed by atoms with van der Waals surface area (Å²) in [6, 6.07) is 6.11. The first kappa shape index (κ1) is 28.0. The first-order chi connectivity index (χ1) is 15.6. The second-order valence-corrected chi connectivity index (χ2v) is 8.91. The summed E-state index contributed by atoms with van der Waals surface area (Å²) >= 11 is 0. The van der Waals surface area contributed by atoms with E-state index in [-0.39, 0.29) is 12.2 Å². The fourth-order valence-corrected chi connectivity index (χ4v) is 3.82. The number of nitrogens with zero attached hydrogens (tertiary/aromatic N) is 2. The number of unbranched alkanes of at least 4 members (excludes halogenated alkanes) is 12. The molecule has 1 aromatic carbocycles. The lowest BCUT2D eigenvalue weighted by molar-refractivity contribution is 0.0696. The summed E-state index contributed by atoms with van der Waals surface area (Å²) in [5.74, 6) is -0.950. The molecule has 2 rings (SSSR count). The molecule has 5 nitrogen and oxygen atoms in total. The third-order valence-corrected chi connectivity index (χ3v) is 5.87. The van der Waals surface area contributed by atoms with Gasteiger partial charge in [0, 0.05) is 26.0 Å². The average molecular weight is 447 g/mol. The summed E-state index contributed by atoms with van der Waals surface area (Å²) < 4.78 is 0. The van der Waals surface area contributed by atoms with Crippen LogP contribution in [0.25, 0.3) is 0 Å². The standard InChI is InChI=1S/C19H38N2.C8H8O3/c1-3-4-5-6-7-8-9-10-11-12-13-14-15-16-21-18-17-20(2)19-21;9-5-6-1-3-7(4-2-6)8(10)11/h17-18H,3-16,19H2,1-2H3;1-4,9H,5H2,(H,10,11). The van der Waals surface area contributed by atoms with Crippen LogP contribution >= 0.6 is 0 Å². The van der Waals surface area contributed by atoms with Crippen LogP contribution < -0.4 is 0 Å². The molecule has 32 heavy (non-hydrogen) atoms. The van der Waals surface area contributed by atoms with Gasteiger partial charge in [-0.25, -0.2) is 4.79 Å². The van der Waals surface area contributed by atoms with Gasteiger partial charge in [0.2, 0.25) is 0 Å². The van der Waals surface area contributed by atoms with Gasteiger partial charge in [-0.1, -0.05) is 96.1 Å². The molecule has 1 heterocycles. The SMILES string of the molecule is CCCCCCCCCCCCCCCN1C=CN(C)C1.O=C(O)c1ccc(CO)cc1. The first-order valence-corrected chi connectivity index (χ1v) is 12.6. The van der Waals surface area contributed by atoms with E-state index in [0.717, 1.165) is 12.2 Å². The van der Waals surface area contributed by atoms with Crippen LogP contribution in [0.15, 0.2) is 36.7 Å². The molecular weight excluding hydrogens is 400 g/mol. The van der Waals surface area contributed by atoms with Crippen molar-refractivity contribution >= 4 is 5.97 Å². The van der Waals surface area contributed by atoms with Gasteiger partial charge in [-0.2, -0.15) is 0 Å². The Balaban J connectivity index is 0.000000389. The van der Waals surface area contributed by atoms with Crippen molar-refractivity contribution in [1.82, 2.24) is 9.80 Å². The minimum Gasteiger partial charge on any atom is -0.478 e. The van der Waals surface area contributed by atoms with Crippen molar-refractivity contribution in [3.05, 3.63) is 47.8 Å². The highest BCUT2D eigenvalue weighted by Gasteiger charge is 2.06. The summed E-state index contributed by atoms with van der Waals surface area (Å²) in [6.07, 6.45) is 23.1. The Bertz CT molecular complexity index is 616. The molecule has 182 valence electrons.